The number of thiophene rings is 1. The van der Waals surface area contributed by atoms with Crippen LogP contribution in [0.1, 0.15) is 22.4 Å². The van der Waals surface area contributed by atoms with E-state index in [0.29, 0.717) is 25.2 Å². The molecular formula is C17H17FO2S. The molecule has 0 spiro atoms. The van der Waals surface area contributed by atoms with Crippen LogP contribution >= 0.6 is 11.3 Å². The third kappa shape index (κ3) is 5.31. The van der Waals surface area contributed by atoms with E-state index in [9.17, 15) is 4.39 Å². The van der Waals surface area contributed by atoms with Crippen molar-refractivity contribution < 1.29 is 14.2 Å². The molecule has 0 amide bonds. The molecule has 2 aromatic rings. The van der Waals surface area contributed by atoms with Gasteiger partial charge in [0, 0.05) is 17.7 Å². The Balaban J connectivity index is 1.85. The number of halogens is 1. The molecule has 0 aliphatic heterocycles. The molecule has 21 heavy (non-hydrogen) atoms. The van der Waals surface area contributed by atoms with Crippen LogP contribution in [0.25, 0.3) is 0 Å². The highest BCUT2D eigenvalue weighted by Gasteiger charge is 2.02. The summed E-state index contributed by atoms with van der Waals surface area (Å²) in [7, 11) is 0. The molecule has 2 rings (SSSR count). The predicted molar refractivity (Wildman–Crippen MR) is 82.7 cm³/mol. The van der Waals surface area contributed by atoms with Crippen molar-refractivity contribution in [2.75, 3.05) is 13.2 Å². The van der Waals surface area contributed by atoms with Crippen molar-refractivity contribution in [2.24, 2.45) is 0 Å². The first-order chi connectivity index (χ1) is 10.3. The topological polar surface area (TPSA) is 29.5 Å². The van der Waals surface area contributed by atoms with Crippen LogP contribution in [0, 0.1) is 17.7 Å². The Kier molecular flexibility index (Phi) is 6.42. The summed E-state index contributed by atoms with van der Waals surface area (Å²) in [5.74, 6) is 5.11. The van der Waals surface area contributed by atoms with Crippen LogP contribution in [0.5, 0.6) is 0 Å². The molecule has 4 heteroatoms. The number of hydrogen-bond acceptors (Lipinski definition) is 3. The van der Waals surface area contributed by atoms with Gasteiger partial charge in [-0.15, -0.1) is 11.3 Å². The zero-order chi connectivity index (χ0) is 14.9. The van der Waals surface area contributed by atoms with Crippen molar-refractivity contribution >= 4 is 11.3 Å². The van der Waals surface area contributed by atoms with Crippen LogP contribution in [-0.2, 0) is 17.8 Å². The van der Waals surface area contributed by atoms with Crippen LogP contribution in [0.2, 0.25) is 0 Å². The van der Waals surface area contributed by atoms with E-state index >= 15 is 0 Å². The highest BCUT2D eigenvalue weighted by atomic mass is 32.1. The molecule has 0 saturated carbocycles. The number of rotatable bonds is 6. The summed E-state index contributed by atoms with van der Waals surface area (Å²) in [5.41, 5.74) is 1.25. The van der Waals surface area contributed by atoms with E-state index in [-0.39, 0.29) is 12.4 Å². The van der Waals surface area contributed by atoms with Gasteiger partial charge in [0.1, 0.15) is 5.82 Å². The van der Waals surface area contributed by atoms with Gasteiger partial charge < -0.3 is 9.84 Å². The van der Waals surface area contributed by atoms with Crippen molar-refractivity contribution in [3.8, 4) is 11.8 Å². The zero-order valence-corrected chi connectivity index (χ0v) is 12.5. The Morgan fingerprint density at radius 2 is 2.19 bits per heavy atom. The number of benzene rings is 1. The third-order valence-corrected chi connectivity index (χ3v) is 3.77. The lowest BCUT2D eigenvalue weighted by molar-refractivity contribution is 0.124. The fourth-order valence-corrected chi connectivity index (χ4v) is 2.48. The van der Waals surface area contributed by atoms with Crippen molar-refractivity contribution in [2.45, 2.75) is 19.4 Å². The largest absolute Gasteiger partial charge is 0.395 e. The average Bonchev–Trinajstić information content (AvgIpc) is 3.00. The molecule has 0 radical (unpaired) electrons. The first-order valence-electron chi connectivity index (χ1n) is 6.78. The van der Waals surface area contributed by atoms with Crippen molar-refractivity contribution in [3.05, 3.63) is 57.5 Å². The lowest BCUT2D eigenvalue weighted by atomic mass is 10.1. The Morgan fingerprint density at radius 3 is 2.95 bits per heavy atom. The Labute approximate surface area is 128 Å². The van der Waals surface area contributed by atoms with Gasteiger partial charge in [0.15, 0.2) is 0 Å². The van der Waals surface area contributed by atoms with Gasteiger partial charge >= 0.3 is 0 Å². The quantitative estimate of drug-likeness (QED) is 0.655. The number of aliphatic hydroxyl groups is 1. The normalized spacial score (nSPS) is 10.2. The van der Waals surface area contributed by atoms with E-state index in [1.165, 1.54) is 10.9 Å². The van der Waals surface area contributed by atoms with Crippen LogP contribution in [-0.4, -0.2) is 18.3 Å². The van der Waals surface area contributed by atoms with Crippen LogP contribution in [0.4, 0.5) is 4.39 Å². The summed E-state index contributed by atoms with van der Waals surface area (Å²) in [6, 6.07) is 8.92. The SMILES string of the molecule is OCCC#Cc1cc(COCCc2cccs2)ccc1F. The molecule has 0 saturated heterocycles. The lowest BCUT2D eigenvalue weighted by Crippen LogP contribution is -1.99. The summed E-state index contributed by atoms with van der Waals surface area (Å²) >= 11 is 1.72. The molecule has 0 aliphatic rings. The second-order valence-electron chi connectivity index (χ2n) is 4.47. The molecule has 1 N–H and O–H groups in total. The van der Waals surface area contributed by atoms with E-state index in [2.05, 4.69) is 17.9 Å². The van der Waals surface area contributed by atoms with Crippen molar-refractivity contribution in [3.63, 3.8) is 0 Å². The summed E-state index contributed by atoms with van der Waals surface area (Å²) in [5, 5.41) is 10.7. The Morgan fingerprint density at radius 1 is 1.29 bits per heavy atom. The third-order valence-electron chi connectivity index (χ3n) is 2.83. The maximum absolute atomic E-state index is 13.6. The molecule has 2 nitrogen and oxygen atoms in total. The van der Waals surface area contributed by atoms with Gasteiger partial charge in [-0.05, 0) is 29.1 Å². The Hall–Kier alpha value is -1.67. The minimum atomic E-state index is -0.345. The molecule has 110 valence electrons. The van der Waals surface area contributed by atoms with E-state index in [0.717, 1.165) is 12.0 Å². The number of hydrogen-bond donors (Lipinski definition) is 1. The van der Waals surface area contributed by atoms with Gasteiger partial charge in [-0.3, -0.25) is 0 Å². The molecule has 0 bridgehead atoms. The van der Waals surface area contributed by atoms with Gasteiger partial charge in [0.05, 0.1) is 25.4 Å². The van der Waals surface area contributed by atoms with E-state index < -0.39 is 0 Å². The first kappa shape index (κ1) is 15.7. The number of aliphatic hydroxyl groups excluding tert-OH is 1. The highest BCUT2D eigenvalue weighted by molar-refractivity contribution is 7.09. The molecule has 1 heterocycles. The number of ether oxygens (including phenoxy) is 1. The molecule has 1 aromatic heterocycles. The summed E-state index contributed by atoms with van der Waals surface area (Å²) in [4.78, 5) is 1.30. The minimum Gasteiger partial charge on any atom is -0.395 e. The molecule has 0 unspecified atom stereocenters. The maximum atomic E-state index is 13.6. The predicted octanol–water partition coefficient (Wildman–Crippen LogP) is 3.38. The fraction of sp³-hybridized carbons (Fsp3) is 0.294. The van der Waals surface area contributed by atoms with Gasteiger partial charge in [-0.1, -0.05) is 24.0 Å². The van der Waals surface area contributed by atoms with Crippen LogP contribution < -0.4 is 0 Å². The second-order valence-corrected chi connectivity index (χ2v) is 5.50. The van der Waals surface area contributed by atoms with Gasteiger partial charge in [0.2, 0.25) is 0 Å². The van der Waals surface area contributed by atoms with Gasteiger partial charge in [0.25, 0.3) is 0 Å². The minimum absolute atomic E-state index is 0.0137. The average molecular weight is 304 g/mol. The maximum Gasteiger partial charge on any atom is 0.138 e. The van der Waals surface area contributed by atoms with Gasteiger partial charge in [-0.2, -0.15) is 0 Å². The standard InChI is InChI=1S/C17H17FO2S/c18-17-7-6-14(12-15(17)4-1-2-9-19)13-20-10-8-16-5-3-11-21-16/h3,5-7,11-12,19H,2,8-10,13H2. The highest BCUT2D eigenvalue weighted by Crippen LogP contribution is 2.12. The van der Waals surface area contributed by atoms with Crippen molar-refractivity contribution in [1.82, 2.24) is 0 Å². The van der Waals surface area contributed by atoms with E-state index in [1.807, 2.05) is 11.4 Å². The first-order valence-corrected chi connectivity index (χ1v) is 7.66. The molecule has 1 aromatic carbocycles. The monoisotopic (exact) mass is 304 g/mol. The van der Waals surface area contributed by atoms with Crippen LogP contribution in [0.3, 0.4) is 0 Å². The van der Waals surface area contributed by atoms with Crippen molar-refractivity contribution in [1.29, 1.82) is 0 Å². The molecule has 0 fully saturated rings. The summed E-state index contributed by atoms with van der Waals surface area (Å²) in [6.07, 6.45) is 1.24. The molecular weight excluding hydrogens is 287 g/mol. The molecule has 0 atom stereocenters. The summed E-state index contributed by atoms with van der Waals surface area (Å²) in [6.45, 7) is 1.07. The Bertz CT molecular complexity index is 611. The smallest absolute Gasteiger partial charge is 0.138 e. The van der Waals surface area contributed by atoms with E-state index in [4.69, 9.17) is 9.84 Å². The zero-order valence-electron chi connectivity index (χ0n) is 11.6. The molecule has 0 aliphatic carbocycles. The van der Waals surface area contributed by atoms with E-state index in [1.54, 1.807) is 23.5 Å². The fourth-order valence-electron chi connectivity index (χ4n) is 1.79. The van der Waals surface area contributed by atoms with Crippen LogP contribution in [0.15, 0.2) is 35.7 Å². The summed E-state index contributed by atoms with van der Waals surface area (Å²) < 4.78 is 19.2. The second kappa shape index (κ2) is 8.58. The van der Waals surface area contributed by atoms with Gasteiger partial charge in [-0.25, -0.2) is 4.39 Å². The lowest BCUT2D eigenvalue weighted by Gasteiger charge is -2.05.